The molecule has 6 rings (SSSR count). The van der Waals surface area contributed by atoms with Gasteiger partial charge in [-0.3, -0.25) is 14.4 Å². The van der Waals surface area contributed by atoms with Crippen molar-refractivity contribution in [3.63, 3.8) is 0 Å². The van der Waals surface area contributed by atoms with E-state index in [2.05, 4.69) is 10.3 Å². The van der Waals surface area contributed by atoms with Gasteiger partial charge in [-0.25, -0.2) is 8.42 Å². The number of aromatic amines is 1. The van der Waals surface area contributed by atoms with Crippen LogP contribution in [0.5, 0.6) is 5.75 Å². The Balaban J connectivity index is 1.03. The van der Waals surface area contributed by atoms with Gasteiger partial charge in [-0.05, 0) is 64.9 Å². The number of phenols is 1. The summed E-state index contributed by atoms with van der Waals surface area (Å²) < 4.78 is 26.9. The topological polar surface area (TPSA) is 180 Å². The molecule has 1 aliphatic rings. The number of benzene rings is 4. The van der Waals surface area contributed by atoms with Gasteiger partial charge in [0.1, 0.15) is 5.75 Å². The molecule has 1 amide bonds. The highest BCUT2D eigenvalue weighted by atomic mass is 32.2. The number of carboxylic acids is 1. The Morgan fingerprint density at radius 2 is 1.47 bits per heavy atom. The van der Waals surface area contributed by atoms with E-state index in [4.69, 9.17) is 0 Å². The summed E-state index contributed by atoms with van der Waals surface area (Å²) in [5.74, 6) is -1.16. The average Bonchev–Trinajstić information content (AvgIpc) is 3.15. The Hall–Kier alpha value is -5.34. The molecule has 5 N–H and O–H groups in total. The maximum Gasteiger partial charge on any atom is 0.314 e. The lowest BCUT2D eigenvalue weighted by atomic mass is 9.73. The number of aromatic nitrogens is 1. The van der Waals surface area contributed by atoms with E-state index in [0.717, 1.165) is 22.9 Å². The predicted molar refractivity (Wildman–Crippen MR) is 201 cm³/mol. The molecule has 1 fully saturated rings. The number of aliphatic carboxylic acids is 1. The van der Waals surface area contributed by atoms with E-state index in [1.54, 1.807) is 41.3 Å². The first kappa shape index (κ1) is 37.4. The number of H-pyrrole nitrogens is 1. The minimum atomic E-state index is -3.59. The van der Waals surface area contributed by atoms with Crippen molar-refractivity contribution < 1.29 is 33.3 Å². The third kappa shape index (κ3) is 8.50. The molecule has 276 valence electrons. The van der Waals surface area contributed by atoms with E-state index in [1.807, 2.05) is 54.6 Å². The number of aromatic hydroxyl groups is 1. The molecule has 1 saturated heterocycles. The van der Waals surface area contributed by atoms with Gasteiger partial charge in [0.15, 0.2) is 0 Å². The Kier molecular flexibility index (Phi) is 11.1. The Bertz CT molecular complexity index is 2250. The smallest absolute Gasteiger partial charge is 0.314 e. The van der Waals surface area contributed by atoms with E-state index in [1.165, 1.54) is 16.4 Å². The molecule has 0 saturated carbocycles. The molecule has 0 spiro atoms. The maximum absolute atomic E-state index is 13.3. The Morgan fingerprint density at radius 1 is 0.868 bits per heavy atom. The SMILES string of the molecule is CS(=O)(=O)N(Cc1ccc(CNC[C@H](O)c2ccc(O)c3[nH]c(=O)ccc23)cc1)Cc1ccc(C(=O)N2CCC(C(=O)O)(c3ccccc3)CC2)cc1. The molecule has 53 heavy (non-hydrogen) atoms. The fraction of sp³-hybridized carbons (Fsp3) is 0.275. The molecule has 0 bridgehead atoms. The quantitative estimate of drug-likeness (QED) is 0.118. The number of piperidine rings is 1. The van der Waals surface area contributed by atoms with Crippen molar-refractivity contribution in [3.05, 3.63) is 147 Å². The van der Waals surface area contributed by atoms with Crippen LogP contribution >= 0.6 is 0 Å². The molecule has 5 aromatic rings. The lowest BCUT2D eigenvalue weighted by Gasteiger charge is -2.39. The number of aliphatic hydroxyl groups excluding tert-OH is 1. The third-order valence-electron chi connectivity index (χ3n) is 9.98. The van der Waals surface area contributed by atoms with E-state index >= 15 is 0 Å². The van der Waals surface area contributed by atoms with Crippen LogP contribution in [0.4, 0.5) is 0 Å². The van der Waals surface area contributed by atoms with Gasteiger partial charge in [0.25, 0.3) is 5.91 Å². The largest absolute Gasteiger partial charge is 0.506 e. The molecule has 2 heterocycles. The summed E-state index contributed by atoms with van der Waals surface area (Å²) in [7, 11) is -3.59. The van der Waals surface area contributed by atoms with Crippen LogP contribution in [0.2, 0.25) is 0 Å². The number of fused-ring (bicyclic) bond motifs is 1. The molecule has 1 aromatic heterocycles. The van der Waals surface area contributed by atoms with Crippen molar-refractivity contribution in [2.45, 2.75) is 44.0 Å². The highest BCUT2D eigenvalue weighted by Crippen LogP contribution is 2.36. The van der Waals surface area contributed by atoms with Gasteiger partial charge in [-0.2, -0.15) is 4.31 Å². The Morgan fingerprint density at radius 3 is 2.08 bits per heavy atom. The second-order valence-corrected chi connectivity index (χ2v) is 15.5. The second kappa shape index (κ2) is 15.7. The van der Waals surface area contributed by atoms with Crippen molar-refractivity contribution in [1.82, 2.24) is 19.5 Å². The van der Waals surface area contributed by atoms with Gasteiger partial charge >= 0.3 is 5.97 Å². The highest BCUT2D eigenvalue weighted by Gasteiger charge is 2.44. The van der Waals surface area contributed by atoms with Gasteiger partial charge in [-0.1, -0.05) is 72.8 Å². The number of hydrogen-bond donors (Lipinski definition) is 5. The average molecular weight is 739 g/mol. The number of aliphatic hydroxyl groups is 1. The Labute approximate surface area is 307 Å². The maximum atomic E-state index is 13.3. The number of amides is 1. The van der Waals surface area contributed by atoms with Crippen LogP contribution in [-0.2, 0) is 39.9 Å². The number of sulfonamides is 1. The molecular formula is C40H42N4O8S. The minimum absolute atomic E-state index is 0.0775. The molecular weight excluding hydrogens is 697 g/mol. The van der Waals surface area contributed by atoms with E-state index < -0.39 is 27.5 Å². The highest BCUT2D eigenvalue weighted by molar-refractivity contribution is 7.88. The summed E-state index contributed by atoms with van der Waals surface area (Å²) in [4.78, 5) is 41.6. The van der Waals surface area contributed by atoms with E-state index in [9.17, 15) is 38.1 Å². The number of carboxylic acid groups (broad SMARTS) is 1. The summed E-state index contributed by atoms with van der Waals surface area (Å²) >= 11 is 0. The number of nitrogens with one attached hydrogen (secondary N) is 2. The van der Waals surface area contributed by atoms with Crippen LogP contribution in [0.25, 0.3) is 10.9 Å². The number of phenolic OH excluding ortho intramolecular Hbond substituents is 1. The van der Waals surface area contributed by atoms with Crippen LogP contribution < -0.4 is 10.9 Å². The normalized spacial score (nSPS) is 15.0. The van der Waals surface area contributed by atoms with Gasteiger partial charge in [0.05, 0.1) is 23.3 Å². The summed E-state index contributed by atoms with van der Waals surface area (Å²) in [6.07, 6.45) is 0.877. The first-order chi connectivity index (χ1) is 25.3. The fourth-order valence-corrected chi connectivity index (χ4v) is 7.65. The molecule has 0 aliphatic carbocycles. The van der Waals surface area contributed by atoms with Gasteiger partial charge in [0.2, 0.25) is 15.6 Å². The number of rotatable bonds is 13. The number of nitrogens with zero attached hydrogens (tertiary/aromatic N) is 2. The molecule has 0 radical (unpaired) electrons. The van der Waals surface area contributed by atoms with Crippen LogP contribution in [0.15, 0.2) is 108 Å². The van der Waals surface area contributed by atoms with Crippen molar-refractivity contribution in [2.24, 2.45) is 0 Å². The number of likely N-dealkylation sites (tertiary alicyclic amines) is 1. The molecule has 1 atom stereocenters. The molecule has 0 unspecified atom stereocenters. The number of pyridine rings is 1. The molecule has 4 aromatic carbocycles. The van der Waals surface area contributed by atoms with Crippen molar-refractivity contribution in [3.8, 4) is 5.75 Å². The van der Waals surface area contributed by atoms with Crippen LogP contribution in [0.1, 0.15) is 57.1 Å². The predicted octanol–water partition coefficient (Wildman–Crippen LogP) is 4.28. The number of carbonyl (C=O) groups is 2. The molecule has 13 heteroatoms. The fourth-order valence-electron chi connectivity index (χ4n) is 6.88. The van der Waals surface area contributed by atoms with Crippen molar-refractivity contribution >= 4 is 32.8 Å². The lowest BCUT2D eigenvalue weighted by molar-refractivity contribution is -0.145. The minimum Gasteiger partial charge on any atom is -0.506 e. The third-order valence-corrected chi connectivity index (χ3v) is 11.2. The van der Waals surface area contributed by atoms with Crippen molar-refractivity contribution in [1.29, 1.82) is 0 Å². The lowest BCUT2D eigenvalue weighted by Crippen LogP contribution is -2.49. The van der Waals surface area contributed by atoms with E-state index in [0.29, 0.717) is 54.6 Å². The van der Waals surface area contributed by atoms with Gasteiger partial charge in [-0.15, -0.1) is 0 Å². The molecule has 12 nitrogen and oxygen atoms in total. The van der Waals surface area contributed by atoms with Gasteiger partial charge < -0.3 is 30.5 Å². The van der Waals surface area contributed by atoms with Crippen molar-refractivity contribution in [2.75, 3.05) is 25.9 Å². The summed E-state index contributed by atoms with van der Waals surface area (Å²) in [5, 5.41) is 34.8. The van der Waals surface area contributed by atoms with E-state index in [-0.39, 0.29) is 42.4 Å². The number of hydrogen-bond acceptors (Lipinski definition) is 8. The second-order valence-electron chi connectivity index (χ2n) is 13.5. The summed E-state index contributed by atoms with van der Waals surface area (Å²) in [6, 6.07) is 29.4. The first-order valence-electron chi connectivity index (χ1n) is 17.3. The van der Waals surface area contributed by atoms with Gasteiger partial charge in [0, 0.05) is 56.3 Å². The zero-order valence-corrected chi connectivity index (χ0v) is 30.1. The first-order valence-corrected chi connectivity index (χ1v) is 19.1. The zero-order chi connectivity index (χ0) is 37.8. The summed E-state index contributed by atoms with van der Waals surface area (Å²) in [5.41, 5.74) is 3.06. The zero-order valence-electron chi connectivity index (χ0n) is 29.2. The van der Waals surface area contributed by atoms with Crippen LogP contribution in [0, 0.1) is 0 Å². The summed E-state index contributed by atoms with van der Waals surface area (Å²) in [6.45, 7) is 1.52. The standard InChI is InChI=1S/C40H42N4O8S/c1-53(51,52)44(25-28-9-7-27(8-10-28)23-41-24-35(46)32-15-17-34(45)37-33(32)16-18-36(47)42-37)26-29-11-13-30(14-12-29)38(48)43-21-19-40(20-22-43,39(49)50)31-5-3-2-4-6-31/h2-18,35,41,45-46H,19-26H2,1H3,(H,42,47)(H,49,50)/t35-/m0/s1. The van der Waals surface area contributed by atoms with Crippen LogP contribution in [0.3, 0.4) is 0 Å². The molecule has 1 aliphatic heterocycles. The number of carbonyl (C=O) groups excluding carboxylic acids is 1. The monoisotopic (exact) mass is 738 g/mol. The van der Waals surface area contributed by atoms with Crippen LogP contribution in [-0.4, -0.2) is 75.7 Å².